The number of aliphatic carboxylic acids is 1. The Bertz CT molecular complexity index is 607. The quantitative estimate of drug-likeness (QED) is 0.922. The average Bonchev–Trinajstić information content (AvgIpc) is 2.42. The van der Waals surface area contributed by atoms with E-state index in [0.717, 1.165) is 5.56 Å². The number of carboxylic acid groups (broad SMARTS) is 1. The van der Waals surface area contributed by atoms with Crippen LogP contribution < -0.4 is 0 Å². The molecular weight excluding hydrogens is 279 g/mol. The van der Waals surface area contributed by atoms with E-state index >= 15 is 0 Å². The summed E-state index contributed by atoms with van der Waals surface area (Å²) in [7, 11) is 0. The van der Waals surface area contributed by atoms with Gasteiger partial charge in [-0.1, -0.05) is 35.9 Å². The Morgan fingerprint density at radius 3 is 2.20 bits per heavy atom. The van der Waals surface area contributed by atoms with E-state index in [0.29, 0.717) is 17.0 Å². The first-order chi connectivity index (χ1) is 9.41. The van der Waals surface area contributed by atoms with Gasteiger partial charge in [0.05, 0.1) is 5.41 Å². The molecule has 104 valence electrons. The third-order valence-electron chi connectivity index (χ3n) is 3.42. The largest absolute Gasteiger partial charge is 0.481 e. The Kier molecular flexibility index (Phi) is 4.09. The standard InChI is InChI=1S/C16H14ClFO2/c1-16(15(19)20,12-4-8-14(18)9-5-12)10-11-2-6-13(17)7-3-11/h2-9H,10H2,1H3,(H,19,20). The fraction of sp³-hybridized carbons (Fsp3) is 0.188. The van der Waals surface area contributed by atoms with E-state index in [2.05, 4.69) is 0 Å². The van der Waals surface area contributed by atoms with Crippen molar-refractivity contribution < 1.29 is 14.3 Å². The lowest BCUT2D eigenvalue weighted by molar-refractivity contribution is -0.143. The third-order valence-corrected chi connectivity index (χ3v) is 3.68. The maximum Gasteiger partial charge on any atom is 0.314 e. The number of halogens is 2. The van der Waals surface area contributed by atoms with Crippen LogP contribution in [0.4, 0.5) is 4.39 Å². The molecule has 0 heterocycles. The second-order valence-electron chi connectivity index (χ2n) is 4.95. The minimum Gasteiger partial charge on any atom is -0.481 e. The van der Waals surface area contributed by atoms with Crippen molar-refractivity contribution in [2.24, 2.45) is 0 Å². The highest BCUT2D eigenvalue weighted by Crippen LogP contribution is 2.29. The lowest BCUT2D eigenvalue weighted by Gasteiger charge is -2.25. The molecule has 1 atom stereocenters. The van der Waals surface area contributed by atoms with Crippen LogP contribution in [0.3, 0.4) is 0 Å². The Labute approximate surface area is 121 Å². The van der Waals surface area contributed by atoms with Crippen molar-refractivity contribution in [2.45, 2.75) is 18.8 Å². The summed E-state index contributed by atoms with van der Waals surface area (Å²) in [6, 6.07) is 12.6. The minimum atomic E-state index is -1.11. The maximum absolute atomic E-state index is 13.0. The zero-order chi connectivity index (χ0) is 14.8. The van der Waals surface area contributed by atoms with Crippen molar-refractivity contribution in [3.8, 4) is 0 Å². The van der Waals surface area contributed by atoms with E-state index in [4.69, 9.17) is 11.6 Å². The van der Waals surface area contributed by atoms with Crippen LogP contribution in [0.5, 0.6) is 0 Å². The zero-order valence-electron chi connectivity index (χ0n) is 10.9. The maximum atomic E-state index is 13.0. The topological polar surface area (TPSA) is 37.3 Å². The van der Waals surface area contributed by atoms with E-state index < -0.39 is 11.4 Å². The fourth-order valence-corrected chi connectivity index (χ4v) is 2.26. The summed E-state index contributed by atoms with van der Waals surface area (Å²) >= 11 is 5.82. The Balaban J connectivity index is 2.37. The molecule has 0 aliphatic carbocycles. The van der Waals surface area contributed by atoms with Gasteiger partial charge in [0, 0.05) is 5.02 Å². The highest BCUT2D eigenvalue weighted by molar-refractivity contribution is 6.30. The van der Waals surface area contributed by atoms with Crippen molar-refractivity contribution >= 4 is 17.6 Å². The molecule has 0 bridgehead atoms. The molecule has 0 saturated carbocycles. The van der Waals surface area contributed by atoms with Gasteiger partial charge in [-0.2, -0.15) is 0 Å². The molecule has 2 nitrogen and oxygen atoms in total. The molecule has 2 aromatic carbocycles. The second-order valence-corrected chi connectivity index (χ2v) is 5.38. The predicted molar refractivity (Wildman–Crippen MR) is 76.5 cm³/mol. The highest BCUT2D eigenvalue weighted by Gasteiger charge is 2.35. The molecule has 1 unspecified atom stereocenters. The van der Waals surface area contributed by atoms with Crippen LogP contribution in [0.1, 0.15) is 18.1 Å². The molecule has 2 aromatic rings. The molecule has 2 rings (SSSR count). The van der Waals surface area contributed by atoms with E-state index in [1.165, 1.54) is 24.3 Å². The first-order valence-corrected chi connectivity index (χ1v) is 6.53. The van der Waals surface area contributed by atoms with Gasteiger partial charge in [-0.25, -0.2) is 4.39 Å². The monoisotopic (exact) mass is 292 g/mol. The second kappa shape index (κ2) is 5.63. The number of benzene rings is 2. The van der Waals surface area contributed by atoms with Crippen LogP contribution in [0.2, 0.25) is 5.02 Å². The Morgan fingerprint density at radius 2 is 1.70 bits per heavy atom. The summed E-state index contributed by atoms with van der Waals surface area (Å²) in [5, 5.41) is 10.2. The van der Waals surface area contributed by atoms with Gasteiger partial charge in [0.1, 0.15) is 5.82 Å². The summed E-state index contributed by atoms with van der Waals surface area (Å²) < 4.78 is 13.0. The molecule has 0 aliphatic heterocycles. The molecule has 0 amide bonds. The van der Waals surface area contributed by atoms with Crippen LogP contribution >= 0.6 is 11.6 Å². The molecular formula is C16H14ClFO2. The fourth-order valence-electron chi connectivity index (χ4n) is 2.13. The first-order valence-electron chi connectivity index (χ1n) is 6.16. The number of carbonyl (C=O) groups is 1. The molecule has 0 aliphatic rings. The van der Waals surface area contributed by atoms with Gasteiger partial charge in [-0.3, -0.25) is 4.79 Å². The highest BCUT2D eigenvalue weighted by atomic mass is 35.5. The molecule has 4 heteroatoms. The van der Waals surface area contributed by atoms with Crippen LogP contribution in [-0.4, -0.2) is 11.1 Å². The Morgan fingerprint density at radius 1 is 1.15 bits per heavy atom. The van der Waals surface area contributed by atoms with Gasteiger partial charge >= 0.3 is 5.97 Å². The molecule has 0 saturated heterocycles. The van der Waals surface area contributed by atoms with Gasteiger partial charge < -0.3 is 5.11 Å². The summed E-state index contributed by atoms with van der Waals surface area (Å²) in [4.78, 5) is 11.7. The summed E-state index contributed by atoms with van der Waals surface area (Å²) in [6.07, 6.45) is 0.311. The van der Waals surface area contributed by atoms with E-state index in [-0.39, 0.29) is 5.82 Å². The smallest absolute Gasteiger partial charge is 0.314 e. The van der Waals surface area contributed by atoms with Crippen LogP contribution in [0, 0.1) is 5.82 Å². The van der Waals surface area contributed by atoms with Crippen molar-refractivity contribution in [3.63, 3.8) is 0 Å². The van der Waals surface area contributed by atoms with Gasteiger partial charge in [0.15, 0.2) is 0 Å². The summed E-state index contributed by atoms with van der Waals surface area (Å²) in [5.74, 6) is -1.33. The Hall–Kier alpha value is -1.87. The van der Waals surface area contributed by atoms with E-state index in [1.54, 1.807) is 31.2 Å². The predicted octanol–water partition coefficient (Wildman–Crippen LogP) is 4.06. The SMILES string of the molecule is CC(Cc1ccc(Cl)cc1)(C(=O)O)c1ccc(F)cc1. The molecule has 0 fully saturated rings. The molecule has 0 spiro atoms. The lowest BCUT2D eigenvalue weighted by atomic mass is 9.77. The van der Waals surface area contributed by atoms with Gasteiger partial charge in [0.25, 0.3) is 0 Å². The summed E-state index contributed by atoms with van der Waals surface area (Å²) in [5.41, 5.74) is 0.326. The minimum absolute atomic E-state index is 0.311. The first kappa shape index (κ1) is 14.5. The van der Waals surface area contributed by atoms with Crippen LogP contribution in [0.25, 0.3) is 0 Å². The number of hydrogen-bond donors (Lipinski definition) is 1. The normalized spacial score (nSPS) is 13.8. The number of carboxylic acids is 1. The molecule has 1 N–H and O–H groups in total. The molecule has 0 radical (unpaired) electrons. The van der Waals surface area contributed by atoms with Gasteiger partial charge in [-0.05, 0) is 48.7 Å². The number of hydrogen-bond acceptors (Lipinski definition) is 1. The van der Waals surface area contributed by atoms with Crippen LogP contribution in [0.15, 0.2) is 48.5 Å². The average molecular weight is 293 g/mol. The van der Waals surface area contributed by atoms with Crippen LogP contribution in [-0.2, 0) is 16.6 Å². The third kappa shape index (κ3) is 2.99. The molecule has 0 aromatic heterocycles. The van der Waals surface area contributed by atoms with Crippen molar-refractivity contribution in [1.29, 1.82) is 0 Å². The zero-order valence-corrected chi connectivity index (χ0v) is 11.7. The van der Waals surface area contributed by atoms with Crippen molar-refractivity contribution in [3.05, 3.63) is 70.5 Å². The van der Waals surface area contributed by atoms with Crippen molar-refractivity contribution in [2.75, 3.05) is 0 Å². The van der Waals surface area contributed by atoms with E-state index in [1.807, 2.05) is 0 Å². The summed E-state index contributed by atoms with van der Waals surface area (Å²) in [6.45, 7) is 1.64. The van der Waals surface area contributed by atoms with E-state index in [9.17, 15) is 14.3 Å². The van der Waals surface area contributed by atoms with Gasteiger partial charge in [0.2, 0.25) is 0 Å². The molecule has 20 heavy (non-hydrogen) atoms. The van der Waals surface area contributed by atoms with Crippen molar-refractivity contribution in [1.82, 2.24) is 0 Å². The lowest BCUT2D eigenvalue weighted by Crippen LogP contribution is -2.34. The number of rotatable bonds is 4. The van der Waals surface area contributed by atoms with Gasteiger partial charge in [-0.15, -0.1) is 0 Å².